The summed E-state index contributed by atoms with van der Waals surface area (Å²) in [6, 6.07) is 19.0. The van der Waals surface area contributed by atoms with Crippen LogP contribution in [0.5, 0.6) is 0 Å². The van der Waals surface area contributed by atoms with Crippen LogP contribution in [-0.4, -0.2) is 17.2 Å². The van der Waals surface area contributed by atoms with Crippen LogP contribution < -0.4 is 10.6 Å². The molecule has 0 aromatic heterocycles. The van der Waals surface area contributed by atoms with Crippen molar-refractivity contribution < 1.29 is 14.1 Å². The molecule has 1 atom stereocenters. The van der Waals surface area contributed by atoms with Gasteiger partial charge in [-0.2, -0.15) is 0 Å². The Morgan fingerprint density at radius 2 is 1.41 bits per heavy atom. The highest BCUT2D eigenvalue weighted by Gasteiger charge is 2.44. The van der Waals surface area contributed by atoms with Crippen molar-refractivity contribution in [3.8, 4) is 0 Å². The van der Waals surface area contributed by atoms with E-state index in [1.807, 2.05) is 81.4 Å². The Bertz CT molecular complexity index is 790. The van der Waals surface area contributed by atoms with E-state index in [-0.39, 0.29) is 5.97 Å². The Kier molecular flexibility index (Phi) is 7.01. The minimum atomic E-state index is -3.22. The molecule has 0 N–H and O–H groups in total. The second kappa shape index (κ2) is 9.30. The lowest BCUT2D eigenvalue weighted by molar-refractivity contribution is -0.154. The lowest BCUT2D eigenvalue weighted by Crippen LogP contribution is -2.38. The van der Waals surface area contributed by atoms with Gasteiger partial charge < -0.3 is 9.30 Å². The maximum atomic E-state index is 14.8. The Morgan fingerprint density at radius 3 is 1.86 bits per heavy atom. The van der Waals surface area contributed by atoms with Crippen LogP contribution in [0.1, 0.15) is 59.3 Å². The molecule has 0 bridgehead atoms. The number of esters is 1. The smallest absolute Gasteiger partial charge is 0.317 e. The Balaban J connectivity index is 2.08. The number of ether oxygens (including phenoxy) is 1. The van der Waals surface area contributed by atoms with E-state index in [1.165, 1.54) is 19.3 Å². The molecule has 2 aromatic rings. The van der Waals surface area contributed by atoms with Gasteiger partial charge in [0.15, 0.2) is 7.14 Å². The van der Waals surface area contributed by atoms with Crippen LogP contribution in [0, 0.1) is 5.92 Å². The second-order valence-corrected chi connectivity index (χ2v) is 12.1. The fourth-order valence-electron chi connectivity index (χ4n) is 4.31. The summed E-state index contributed by atoms with van der Waals surface area (Å²) >= 11 is 0. The molecule has 0 spiro atoms. The van der Waals surface area contributed by atoms with Gasteiger partial charge in [-0.3, -0.25) is 4.79 Å². The molecule has 0 aliphatic heterocycles. The summed E-state index contributed by atoms with van der Waals surface area (Å²) in [6.45, 7) is 5.62. The van der Waals surface area contributed by atoms with E-state index in [0.717, 1.165) is 23.5 Å². The summed E-state index contributed by atoms with van der Waals surface area (Å²) in [7, 11) is -3.22. The quantitative estimate of drug-likeness (QED) is 0.453. The molecule has 0 saturated heterocycles. The van der Waals surface area contributed by atoms with Crippen LogP contribution in [0.4, 0.5) is 0 Å². The van der Waals surface area contributed by atoms with Crippen molar-refractivity contribution in [1.82, 2.24) is 0 Å². The van der Waals surface area contributed by atoms with Gasteiger partial charge >= 0.3 is 5.97 Å². The summed E-state index contributed by atoms with van der Waals surface area (Å²) in [5, 5.41) is 1.47. The first kappa shape index (κ1) is 21.8. The monoisotopic (exact) mass is 412 g/mol. The first-order chi connectivity index (χ1) is 13.8. The van der Waals surface area contributed by atoms with E-state index in [4.69, 9.17) is 4.74 Å². The van der Waals surface area contributed by atoms with Gasteiger partial charge in [0, 0.05) is 10.6 Å². The third-order valence-corrected chi connectivity index (χ3v) is 9.11. The van der Waals surface area contributed by atoms with Crippen molar-refractivity contribution in [2.24, 2.45) is 5.92 Å². The first-order valence-corrected chi connectivity index (χ1v) is 12.5. The molecule has 3 nitrogen and oxygen atoms in total. The standard InChI is InChI=1S/C25H33O3P/c1-25(2,3)28-24(26)23(19-20-13-7-4-8-14-20)29(27,21-15-9-5-10-16-21)22-17-11-6-12-18-22/h5-6,9-12,15-18,20,23H,4,7-8,13-14,19H2,1-3H3. The van der Waals surface area contributed by atoms with Crippen molar-refractivity contribution in [2.45, 2.75) is 70.6 Å². The predicted octanol–water partition coefficient (Wildman–Crippen LogP) is 5.68. The van der Waals surface area contributed by atoms with Crippen molar-refractivity contribution in [1.29, 1.82) is 0 Å². The summed E-state index contributed by atoms with van der Waals surface area (Å²) in [6.07, 6.45) is 6.45. The van der Waals surface area contributed by atoms with Gasteiger partial charge in [0.25, 0.3) is 0 Å². The van der Waals surface area contributed by atoms with Gasteiger partial charge in [-0.25, -0.2) is 0 Å². The fourth-order valence-corrected chi connectivity index (χ4v) is 7.50. The number of hydrogen-bond acceptors (Lipinski definition) is 3. The maximum absolute atomic E-state index is 14.8. The molecule has 0 heterocycles. The molecular weight excluding hydrogens is 379 g/mol. The van der Waals surface area contributed by atoms with Gasteiger partial charge in [0.1, 0.15) is 11.3 Å². The molecule has 2 aromatic carbocycles. The Labute approximate surface area is 175 Å². The van der Waals surface area contributed by atoms with Crippen LogP contribution in [0.2, 0.25) is 0 Å². The molecular formula is C25H33O3P. The highest BCUT2D eigenvalue weighted by atomic mass is 31.2. The molecule has 156 valence electrons. The van der Waals surface area contributed by atoms with Crippen molar-refractivity contribution in [3.63, 3.8) is 0 Å². The second-order valence-electron chi connectivity index (χ2n) is 9.12. The zero-order valence-corrected chi connectivity index (χ0v) is 18.7. The molecule has 1 unspecified atom stereocenters. The van der Waals surface area contributed by atoms with Gasteiger partial charge in [-0.15, -0.1) is 0 Å². The molecule has 4 heteroatoms. The number of carbonyl (C=O) groups excluding carboxylic acids is 1. The molecule has 1 aliphatic rings. The average molecular weight is 413 g/mol. The number of benzene rings is 2. The van der Waals surface area contributed by atoms with Crippen LogP contribution in [0.3, 0.4) is 0 Å². The van der Waals surface area contributed by atoms with Crippen molar-refractivity contribution in [3.05, 3.63) is 60.7 Å². The van der Waals surface area contributed by atoms with Crippen molar-refractivity contribution >= 4 is 23.7 Å². The maximum Gasteiger partial charge on any atom is 0.317 e. The fraction of sp³-hybridized carbons (Fsp3) is 0.480. The third-order valence-electron chi connectivity index (χ3n) is 5.68. The van der Waals surface area contributed by atoms with E-state index in [2.05, 4.69) is 0 Å². The van der Waals surface area contributed by atoms with E-state index in [0.29, 0.717) is 12.3 Å². The normalized spacial score (nSPS) is 16.9. The first-order valence-electron chi connectivity index (χ1n) is 10.7. The van der Waals surface area contributed by atoms with E-state index in [9.17, 15) is 9.36 Å². The predicted molar refractivity (Wildman–Crippen MR) is 121 cm³/mol. The summed E-state index contributed by atoms with van der Waals surface area (Å²) in [4.78, 5) is 13.4. The summed E-state index contributed by atoms with van der Waals surface area (Å²) < 4.78 is 20.6. The molecule has 1 aliphatic carbocycles. The highest BCUT2D eigenvalue weighted by Crippen LogP contribution is 2.52. The van der Waals surface area contributed by atoms with E-state index < -0.39 is 18.4 Å². The van der Waals surface area contributed by atoms with E-state index in [1.54, 1.807) is 0 Å². The molecule has 1 fully saturated rings. The van der Waals surface area contributed by atoms with Crippen LogP contribution in [0.25, 0.3) is 0 Å². The summed E-state index contributed by atoms with van der Waals surface area (Å²) in [5.74, 6) is 0.0844. The number of rotatable bonds is 6. The van der Waals surface area contributed by atoms with Gasteiger partial charge in [-0.05, 0) is 33.1 Å². The topological polar surface area (TPSA) is 43.4 Å². The number of hydrogen-bond donors (Lipinski definition) is 0. The van der Waals surface area contributed by atoms with Crippen molar-refractivity contribution in [2.75, 3.05) is 0 Å². The minimum absolute atomic E-state index is 0.334. The van der Waals surface area contributed by atoms with Crippen LogP contribution in [-0.2, 0) is 14.1 Å². The van der Waals surface area contributed by atoms with Crippen LogP contribution >= 0.6 is 7.14 Å². The SMILES string of the molecule is CC(C)(C)OC(=O)C(CC1CCCCC1)P(=O)(c1ccccc1)c1ccccc1. The highest BCUT2D eigenvalue weighted by molar-refractivity contribution is 7.80. The van der Waals surface area contributed by atoms with Gasteiger partial charge in [0.2, 0.25) is 0 Å². The molecule has 1 saturated carbocycles. The molecule has 29 heavy (non-hydrogen) atoms. The third kappa shape index (κ3) is 5.39. The largest absolute Gasteiger partial charge is 0.459 e. The zero-order valence-electron chi connectivity index (χ0n) is 17.8. The molecule has 0 radical (unpaired) electrons. The lowest BCUT2D eigenvalue weighted by atomic mass is 9.86. The summed E-state index contributed by atoms with van der Waals surface area (Å²) in [5.41, 5.74) is -1.27. The van der Waals surface area contributed by atoms with Crippen LogP contribution in [0.15, 0.2) is 60.7 Å². The molecule has 0 amide bonds. The zero-order chi connectivity index (χ0) is 20.9. The lowest BCUT2D eigenvalue weighted by Gasteiger charge is -2.33. The Morgan fingerprint density at radius 1 is 0.931 bits per heavy atom. The molecule has 3 rings (SSSR count). The van der Waals surface area contributed by atoms with E-state index >= 15 is 0 Å². The van der Waals surface area contributed by atoms with Gasteiger partial charge in [-0.1, -0.05) is 92.8 Å². The number of carbonyl (C=O) groups is 1. The van der Waals surface area contributed by atoms with Gasteiger partial charge in [0.05, 0.1) is 0 Å². The average Bonchev–Trinajstić information content (AvgIpc) is 2.72. The Hall–Kier alpha value is -1.86. The minimum Gasteiger partial charge on any atom is -0.459 e.